The van der Waals surface area contributed by atoms with Gasteiger partial charge in [0, 0.05) is 6.42 Å². The number of amides is 2. The highest BCUT2D eigenvalue weighted by molar-refractivity contribution is 5.96. The molecule has 6 heteroatoms. The molecule has 0 radical (unpaired) electrons. The minimum atomic E-state index is -0.417. The summed E-state index contributed by atoms with van der Waals surface area (Å²) in [4.78, 5) is 24.2. The molecule has 0 atom stereocenters. The Hall–Kier alpha value is -2.76. The third-order valence-electron chi connectivity index (χ3n) is 4.85. The van der Waals surface area contributed by atoms with E-state index in [-0.39, 0.29) is 23.2 Å². The van der Waals surface area contributed by atoms with E-state index in [0.29, 0.717) is 23.5 Å². The normalized spacial score (nSPS) is 12.0. The highest BCUT2D eigenvalue weighted by atomic mass is 16.3. The van der Waals surface area contributed by atoms with Gasteiger partial charge >= 0.3 is 0 Å². The maximum Gasteiger partial charge on any atom is 0.273 e. The molecule has 0 aliphatic carbocycles. The van der Waals surface area contributed by atoms with Crippen molar-refractivity contribution in [3.05, 3.63) is 52.5 Å². The van der Waals surface area contributed by atoms with E-state index < -0.39 is 5.91 Å². The van der Waals surface area contributed by atoms with Crippen molar-refractivity contribution in [3.8, 4) is 5.75 Å². The number of rotatable bonds is 4. The summed E-state index contributed by atoms with van der Waals surface area (Å²) in [7, 11) is 0. The van der Waals surface area contributed by atoms with Crippen LogP contribution in [0.4, 0.5) is 0 Å². The molecular formula is C23H32N2O4. The van der Waals surface area contributed by atoms with Crippen molar-refractivity contribution in [2.24, 2.45) is 0 Å². The molecule has 2 amide bonds. The lowest BCUT2D eigenvalue weighted by Gasteiger charge is -2.28. The van der Waals surface area contributed by atoms with Crippen molar-refractivity contribution in [2.45, 2.75) is 72.1 Å². The van der Waals surface area contributed by atoms with E-state index >= 15 is 0 Å². The largest absolute Gasteiger partial charge is 0.507 e. The molecule has 0 aliphatic rings. The number of hydrazine groups is 1. The van der Waals surface area contributed by atoms with Crippen LogP contribution < -0.4 is 10.9 Å². The molecule has 0 fully saturated rings. The van der Waals surface area contributed by atoms with Gasteiger partial charge < -0.3 is 9.52 Å². The topological polar surface area (TPSA) is 91.6 Å². The van der Waals surface area contributed by atoms with Gasteiger partial charge in [-0.25, -0.2) is 0 Å². The summed E-state index contributed by atoms with van der Waals surface area (Å²) in [6, 6.07) is 5.48. The number of benzene rings is 1. The van der Waals surface area contributed by atoms with Crippen molar-refractivity contribution >= 4 is 11.8 Å². The highest BCUT2D eigenvalue weighted by Gasteiger charge is 2.26. The van der Waals surface area contributed by atoms with Crippen LogP contribution in [0.1, 0.15) is 80.8 Å². The van der Waals surface area contributed by atoms with E-state index in [9.17, 15) is 14.7 Å². The van der Waals surface area contributed by atoms with Gasteiger partial charge in [-0.2, -0.15) is 0 Å². The summed E-state index contributed by atoms with van der Waals surface area (Å²) in [5, 5.41) is 10.8. The fourth-order valence-corrected chi connectivity index (χ4v) is 3.12. The molecule has 0 bridgehead atoms. The van der Waals surface area contributed by atoms with Crippen LogP contribution in [0.2, 0.25) is 0 Å². The molecule has 3 N–H and O–H groups in total. The van der Waals surface area contributed by atoms with Crippen LogP contribution in [0.3, 0.4) is 0 Å². The van der Waals surface area contributed by atoms with E-state index in [1.54, 1.807) is 13.0 Å². The highest BCUT2D eigenvalue weighted by Crippen LogP contribution is 2.39. The molecule has 29 heavy (non-hydrogen) atoms. The summed E-state index contributed by atoms with van der Waals surface area (Å²) < 4.78 is 5.09. The lowest BCUT2D eigenvalue weighted by molar-refractivity contribution is -0.121. The lowest BCUT2D eigenvalue weighted by Crippen LogP contribution is -2.41. The van der Waals surface area contributed by atoms with E-state index in [2.05, 4.69) is 52.4 Å². The average Bonchev–Trinajstić information content (AvgIpc) is 3.02. The van der Waals surface area contributed by atoms with Crippen LogP contribution in [0.25, 0.3) is 0 Å². The molecular weight excluding hydrogens is 368 g/mol. The fourth-order valence-electron chi connectivity index (χ4n) is 3.12. The van der Waals surface area contributed by atoms with Crippen LogP contribution in [0, 0.1) is 6.92 Å². The molecule has 2 aromatic rings. The Morgan fingerprint density at radius 2 is 1.55 bits per heavy atom. The molecule has 2 rings (SSSR count). The van der Waals surface area contributed by atoms with Crippen molar-refractivity contribution in [1.82, 2.24) is 10.9 Å². The van der Waals surface area contributed by atoms with Gasteiger partial charge in [0.2, 0.25) is 5.91 Å². The van der Waals surface area contributed by atoms with E-state index in [4.69, 9.17) is 4.42 Å². The van der Waals surface area contributed by atoms with E-state index in [1.807, 2.05) is 12.1 Å². The Labute approximate surface area is 172 Å². The molecule has 1 heterocycles. The molecule has 6 nitrogen and oxygen atoms in total. The van der Waals surface area contributed by atoms with Gasteiger partial charge in [-0.15, -0.1) is 0 Å². The third-order valence-corrected chi connectivity index (χ3v) is 4.85. The van der Waals surface area contributed by atoms with Gasteiger partial charge in [-0.3, -0.25) is 20.4 Å². The van der Waals surface area contributed by atoms with Gasteiger partial charge in [0.25, 0.3) is 5.91 Å². The minimum Gasteiger partial charge on any atom is -0.507 e. The zero-order valence-corrected chi connectivity index (χ0v) is 18.4. The maximum atomic E-state index is 12.2. The first-order valence-electron chi connectivity index (χ1n) is 9.81. The number of aromatic hydroxyl groups is 1. The number of aryl methyl sites for hydroxylation is 2. The first-order valence-corrected chi connectivity index (χ1v) is 9.81. The van der Waals surface area contributed by atoms with Gasteiger partial charge in [0.05, 0.1) is 11.8 Å². The SMILES string of the molecule is Cc1occc1C(=O)NNC(=O)CCc1cc(C(C)(C)C)c(O)c(C(C)(C)C)c1. The quantitative estimate of drug-likeness (QED) is 0.668. The molecule has 158 valence electrons. The van der Waals surface area contributed by atoms with Gasteiger partial charge in [-0.05, 0) is 46.9 Å². The first-order chi connectivity index (χ1) is 13.3. The zero-order valence-electron chi connectivity index (χ0n) is 18.4. The van der Waals surface area contributed by atoms with Gasteiger partial charge in [0.15, 0.2) is 0 Å². The standard InChI is InChI=1S/C23H32N2O4/c1-14-16(10-11-29-14)21(28)25-24-19(26)9-8-15-12-17(22(2,3)4)20(27)18(13-15)23(5,6)7/h10-13,27H,8-9H2,1-7H3,(H,24,26)(H,25,28). The maximum absolute atomic E-state index is 12.2. The first kappa shape index (κ1) is 22.5. The lowest BCUT2D eigenvalue weighted by atomic mass is 9.78. The second-order valence-electron chi connectivity index (χ2n) is 9.43. The van der Waals surface area contributed by atoms with Crippen LogP contribution in [0.5, 0.6) is 5.75 Å². The Kier molecular flexibility index (Phi) is 6.46. The summed E-state index contributed by atoms with van der Waals surface area (Å²) in [6.07, 6.45) is 2.14. The second kappa shape index (κ2) is 8.31. The molecule has 1 aromatic heterocycles. The van der Waals surface area contributed by atoms with Gasteiger partial charge in [-0.1, -0.05) is 53.7 Å². The predicted molar refractivity (Wildman–Crippen MR) is 113 cm³/mol. The Balaban J connectivity index is 2.08. The Morgan fingerprint density at radius 1 is 1.00 bits per heavy atom. The van der Waals surface area contributed by atoms with Crippen molar-refractivity contribution < 1.29 is 19.1 Å². The Bertz CT molecular complexity index is 863. The number of hydrogen-bond donors (Lipinski definition) is 3. The van der Waals surface area contributed by atoms with Crippen molar-refractivity contribution in [1.29, 1.82) is 0 Å². The van der Waals surface area contributed by atoms with Gasteiger partial charge in [0.1, 0.15) is 11.5 Å². The van der Waals surface area contributed by atoms with E-state index in [0.717, 1.165) is 16.7 Å². The summed E-state index contributed by atoms with van der Waals surface area (Å²) >= 11 is 0. The number of furan rings is 1. The average molecular weight is 401 g/mol. The van der Waals surface area contributed by atoms with Crippen LogP contribution in [0.15, 0.2) is 28.9 Å². The zero-order chi connectivity index (χ0) is 22.0. The smallest absolute Gasteiger partial charge is 0.273 e. The predicted octanol–water partition coefficient (Wildman–Crippen LogP) is 4.28. The van der Waals surface area contributed by atoms with Crippen molar-refractivity contribution in [3.63, 3.8) is 0 Å². The fraction of sp³-hybridized carbons (Fsp3) is 0.478. The number of phenols is 1. The number of carbonyl (C=O) groups excluding carboxylic acids is 2. The summed E-state index contributed by atoms with van der Waals surface area (Å²) in [5.41, 5.74) is 7.49. The molecule has 0 spiro atoms. The van der Waals surface area contributed by atoms with Crippen LogP contribution in [-0.4, -0.2) is 16.9 Å². The minimum absolute atomic E-state index is 0.211. The second-order valence-corrected chi connectivity index (χ2v) is 9.43. The Morgan fingerprint density at radius 3 is 2.00 bits per heavy atom. The number of hydrogen-bond acceptors (Lipinski definition) is 4. The van der Waals surface area contributed by atoms with Crippen LogP contribution in [-0.2, 0) is 22.0 Å². The summed E-state index contributed by atoms with van der Waals surface area (Å²) in [5.74, 6) is 0.104. The molecule has 1 aromatic carbocycles. The molecule has 0 saturated carbocycles. The van der Waals surface area contributed by atoms with Crippen molar-refractivity contribution in [2.75, 3.05) is 0 Å². The molecule has 0 aliphatic heterocycles. The molecule has 0 saturated heterocycles. The van der Waals surface area contributed by atoms with E-state index in [1.165, 1.54) is 6.26 Å². The number of carbonyl (C=O) groups is 2. The van der Waals surface area contributed by atoms with Crippen LogP contribution >= 0.6 is 0 Å². The summed E-state index contributed by atoms with van der Waals surface area (Å²) in [6.45, 7) is 14.0. The monoisotopic (exact) mass is 400 g/mol. The number of phenolic OH excluding ortho intramolecular Hbond substituents is 1. The third kappa shape index (κ3) is 5.62. The molecule has 0 unspecified atom stereocenters. The number of nitrogens with one attached hydrogen (secondary N) is 2.